The third-order valence-electron chi connectivity index (χ3n) is 3.09. The number of aryl methyl sites for hydroxylation is 2. The Morgan fingerprint density at radius 2 is 2.15 bits per heavy atom. The lowest BCUT2D eigenvalue weighted by molar-refractivity contribution is -0.389. The smallest absolute Gasteiger partial charge is 0.386 e. The zero-order chi connectivity index (χ0) is 14.9. The minimum absolute atomic E-state index is 0.0755. The summed E-state index contributed by atoms with van der Waals surface area (Å²) in [5.74, 6) is -0.630. The number of rotatable bonds is 4. The van der Waals surface area contributed by atoms with Crippen LogP contribution in [0.25, 0.3) is 0 Å². The van der Waals surface area contributed by atoms with Crippen molar-refractivity contribution in [1.29, 1.82) is 0 Å². The third-order valence-corrected chi connectivity index (χ3v) is 3.09. The van der Waals surface area contributed by atoms with Gasteiger partial charge in [-0.2, -0.15) is 4.68 Å². The molecular weight excluding hydrogens is 265 g/mol. The van der Waals surface area contributed by atoms with Crippen LogP contribution in [0.3, 0.4) is 0 Å². The molecule has 2 aromatic rings. The topological polar surface area (TPSA) is 81.2 Å². The van der Waals surface area contributed by atoms with Gasteiger partial charge in [0.05, 0.1) is 23.4 Å². The predicted molar refractivity (Wildman–Crippen MR) is 69.7 cm³/mol. The Kier molecular flexibility index (Phi) is 3.80. The molecule has 0 aliphatic carbocycles. The molecule has 1 heterocycles. The maximum atomic E-state index is 13.0. The molecule has 106 valence electrons. The highest BCUT2D eigenvalue weighted by Gasteiger charge is 2.19. The molecule has 20 heavy (non-hydrogen) atoms. The summed E-state index contributed by atoms with van der Waals surface area (Å²) >= 11 is 0. The van der Waals surface area contributed by atoms with Crippen LogP contribution in [-0.4, -0.2) is 19.8 Å². The average molecular weight is 279 g/mol. The first-order valence-electron chi connectivity index (χ1n) is 6.01. The molecule has 0 fully saturated rings. The Balaban J connectivity index is 2.23. The zero-order valence-electron chi connectivity index (χ0n) is 11.1. The number of aliphatic hydroxyl groups excluding tert-OH is 1. The van der Waals surface area contributed by atoms with Gasteiger partial charge in [0.15, 0.2) is 0 Å². The van der Waals surface area contributed by atoms with E-state index in [9.17, 15) is 19.6 Å². The second kappa shape index (κ2) is 5.38. The van der Waals surface area contributed by atoms with E-state index in [0.717, 1.165) is 0 Å². The van der Waals surface area contributed by atoms with E-state index < -0.39 is 11.0 Å². The fourth-order valence-corrected chi connectivity index (χ4v) is 2.04. The molecule has 1 aromatic carbocycles. The van der Waals surface area contributed by atoms with Crippen LogP contribution in [0, 0.1) is 29.8 Å². The monoisotopic (exact) mass is 279 g/mol. The number of nitro groups is 1. The highest BCUT2D eigenvalue weighted by molar-refractivity contribution is 5.29. The highest BCUT2D eigenvalue weighted by atomic mass is 19.1. The molecule has 0 bridgehead atoms. The summed E-state index contributed by atoms with van der Waals surface area (Å²) in [5.41, 5.74) is 1.77. The number of aliphatic hydroxyl groups is 1. The van der Waals surface area contributed by atoms with Gasteiger partial charge < -0.3 is 15.2 Å². The van der Waals surface area contributed by atoms with Gasteiger partial charge in [-0.05, 0) is 42.0 Å². The first-order valence-corrected chi connectivity index (χ1v) is 6.01. The predicted octanol–water partition coefficient (Wildman–Crippen LogP) is 2.28. The van der Waals surface area contributed by atoms with Gasteiger partial charge in [0, 0.05) is 0 Å². The van der Waals surface area contributed by atoms with Crippen molar-refractivity contribution >= 4 is 5.82 Å². The largest absolute Gasteiger partial charge is 0.390 e. The summed E-state index contributed by atoms with van der Waals surface area (Å²) in [6.45, 7) is 3.44. The lowest BCUT2D eigenvalue weighted by atomic mass is 10.0. The Morgan fingerprint density at radius 1 is 1.45 bits per heavy atom. The van der Waals surface area contributed by atoms with E-state index in [-0.39, 0.29) is 18.2 Å². The van der Waals surface area contributed by atoms with Crippen molar-refractivity contribution in [2.75, 3.05) is 0 Å². The molecule has 1 atom stereocenters. The van der Waals surface area contributed by atoms with Crippen LogP contribution >= 0.6 is 0 Å². The van der Waals surface area contributed by atoms with Crippen molar-refractivity contribution < 1.29 is 14.4 Å². The minimum Gasteiger partial charge on any atom is -0.386 e. The fraction of sp³-hybridized carbons (Fsp3) is 0.308. The van der Waals surface area contributed by atoms with E-state index in [1.165, 1.54) is 28.9 Å². The summed E-state index contributed by atoms with van der Waals surface area (Å²) in [4.78, 5) is 10.1. The van der Waals surface area contributed by atoms with E-state index in [4.69, 9.17) is 0 Å². The minimum atomic E-state index is -0.909. The van der Waals surface area contributed by atoms with Crippen LogP contribution in [0.4, 0.5) is 10.2 Å². The van der Waals surface area contributed by atoms with E-state index >= 15 is 0 Å². The molecule has 0 aliphatic heterocycles. The van der Waals surface area contributed by atoms with Crippen molar-refractivity contribution in [3.05, 3.63) is 57.0 Å². The molecule has 0 unspecified atom stereocenters. The third kappa shape index (κ3) is 2.83. The van der Waals surface area contributed by atoms with Gasteiger partial charge in [0.1, 0.15) is 11.9 Å². The summed E-state index contributed by atoms with van der Waals surface area (Å²) in [7, 11) is 0. The SMILES string of the molecule is Cc1cc(F)ccc1[C@H](O)Cn1nc([N+](=O)[O-])cc1C. The van der Waals surface area contributed by atoms with Gasteiger partial charge >= 0.3 is 5.82 Å². The number of aromatic nitrogens is 2. The summed E-state index contributed by atoms with van der Waals surface area (Å²) in [6, 6.07) is 5.44. The lowest BCUT2D eigenvalue weighted by Crippen LogP contribution is -2.12. The molecule has 0 aliphatic rings. The van der Waals surface area contributed by atoms with Gasteiger partial charge in [-0.15, -0.1) is 0 Å². The van der Waals surface area contributed by atoms with Crippen molar-refractivity contribution in [2.45, 2.75) is 26.5 Å². The fourth-order valence-electron chi connectivity index (χ4n) is 2.04. The Morgan fingerprint density at radius 3 is 2.70 bits per heavy atom. The number of nitrogens with zero attached hydrogens (tertiary/aromatic N) is 3. The summed E-state index contributed by atoms with van der Waals surface area (Å²) in [6.07, 6.45) is -0.909. The zero-order valence-corrected chi connectivity index (χ0v) is 11.1. The molecule has 0 radical (unpaired) electrons. The second-order valence-corrected chi connectivity index (χ2v) is 4.60. The Hall–Kier alpha value is -2.28. The molecule has 6 nitrogen and oxygen atoms in total. The van der Waals surface area contributed by atoms with E-state index in [1.54, 1.807) is 13.8 Å². The van der Waals surface area contributed by atoms with Gasteiger partial charge in [0.25, 0.3) is 0 Å². The van der Waals surface area contributed by atoms with E-state index in [2.05, 4.69) is 5.10 Å². The molecular formula is C13H14FN3O3. The molecule has 0 amide bonds. The highest BCUT2D eigenvalue weighted by Crippen LogP contribution is 2.21. The molecule has 7 heteroatoms. The summed E-state index contributed by atoms with van der Waals surface area (Å²) < 4.78 is 14.4. The molecule has 0 saturated heterocycles. The molecule has 2 rings (SSSR count). The van der Waals surface area contributed by atoms with Gasteiger partial charge in [0.2, 0.25) is 0 Å². The number of halogens is 1. The van der Waals surface area contributed by atoms with Crippen LogP contribution in [0.1, 0.15) is 22.9 Å². The second-order valence-electron chi connectivity index (χ2n) is 4.60. The number of hydrogen-bond donors (Lipinski definition) is 1. The lowest BCUT2D eigenvalue weighted by Gasteiger charge is -2.13. The quantitative estimate of drug-likeness (QED) is 0.687. The van der Waals surface area contributed by atoms with Crippen molar-refractivity contribution in [2.24, 2.45) is 0 Å². The molecule has 0 saturated carbocycles. The van der Waals surface area contributed by atoms with E-state index in [1.807, 2.05) is 0 Å². The standard InChI is InChI=1S/C13H14FN3O3/c1-8-5-10(14)3-4-11(8)12(18)7-16-9(2)6-13(15-16)17(19)20/h3-6,12,18H,7H2,1-2H3/t12-/m1/s1. The first-order chi connectivity index (χ1) is 9.38. The Labute approximate surface area is 114 Å². The maximum absolute atomic E-state index is 13.0. The van der Waals surface area contributed by atoms with E-state index in [0.29, 0.717) is 16.8 Å². The number of benzene rings is 1. The van der Waals surface area contributed by atoms with Crippen LogP contribution in [-0.2, 0) is 6.54 Å². The van der Waals surface area contributed by atoms with Crippen LogP contribution in [0.2, 0.25) is 0 Å². The van der Waals surface area contributed by atoms with Gasteiger partial charge in [-0.1, -0.05) is 6.07 Å². The molecule has 1 aromatic heterocycles. The van der Waals surface area contributed by atoms with Crippen molar-refractivity contribution in [3.63, 3.8) is 0 Å². The van der Waals surface area contributed by atoms with Crippen LogP contribution in [0.5, 0.6) is 0 Å². The van der Waals surface area contributed by atoms with Gasteiger partial charge in [-0.3, -0.25) is 0 Å². The van der Waals surface area contributed by atoms with Gasteiger partial charge in [-0.25, -0.2) is 4.39 Å². The van der Waals surface area contributed by atoms with Crippen LogP contribution in [0.15, 0.2) is 24.3 Å². The molecule has 0 spiro atoms. The summed E-state index contributed by atoms with van der Waals surface area (Å²) in [5, 5.41) is 24.6. The average Bonchev–Trinajstić information content (AvgIpc) is 2.71. The van der Waals surface area contributed by atoms with Crippen molar-refractivity contribution in [1.82, 2.24) is 9.78 Å². The Bertz CT molecular complexity index is 654. The normalized spacial score (nSPS) is 12.4. The van der Waals surface area contributed by atoms with Crippen LogP contribution < -0.4 is 0 Å². The van der Waals surface area contributed by atoms with Crippen molar-refractivity contribution in [3.8, 4) is 0 Å². The number of hydrogen-bond acceptors (Lipinski definition) is 4. The maximum Gasteiger partial charge on any atom is 0.390 e. The molecule has 1 N–H and O–H groups in total. The first kappa shape index (κ1) is 14.1.